The summed E-state index contributed by atoms with van der Waals surface area (Å²) in [4.78, 5) is 0. The molecule has 2 fully saturated rings. The zero-order chi connectivity index (χ0) is 10.7. The van der Waals surface area contributed by atoms with Crippen LogP contribution in [0.1, 0.15) is 46.0 Å². The van der Waals surface area contributed by atoms with E-state index in [9.17, 15) is 0 Å². The van der Waals surface area contributed by atoms with Gasteiger partial charge in [-0.2, -0.15) is 0 Å². The Morgan fingerprint density at radius 1 is 1.33 bits per heavy atom. The number of nitrogens with one attached hydrogen (secondary N) is 1. The molecule has 1 unspecified atom stereocenters. The first-order valence-corrected chi connectivity index (χ1v) is 6.54. The van der Waals surface area contributed by atoms with Crippen molar-refractivity contribution in [2.24, 2.45) is 11.3 Å². The van der Waals surface area contributed by atoms with Crippen molar-refractivity contribution in [1.82, 2.24) is 5.32 Å². The van der Waals surface area contributed by atoms with Crippen LogP contribution in [0.15, 0.2) is 0 Å². The topological polar surface area (TPSA) is 21.3 Å². The molecular formula is C13H25NO. The molecular weight excluding hydrogens is 186 g/mol. The van der Waals surface area contributed by atoms with Gasteiger partial charge in [-0.05, 0) is 31.6 Å². The van der Waals surface area contributed by atoms with Gasteiger partial charge < -0.3 is 10.1 Å². The second-order valence-corrected chi connectivity index (χ2v) is 5.68. The normalized spacial score (nSPS) is 33.0. The fraction of sp³-hybridized carbons (Fsp3) is 1.00. The first kappa shape index (κ1) is 11.4. The summed E-state index contributed by atoms with van der Waals surface area (Å²) in [5, 5.41) is 3.63. The molecule has 88 valence electrons. The highest BCUT2D eigenvalue weighted by Gasteiger charge is 2.42. The molecule has 0 aromatic heterocycles. The Kier molecular flexibility index (Phi) is 3.68. The molecule has 15 heavy (non-hydrogen) atoms. The predicted molar refractivity (Wildman–Crippen MR) is 63.0 cm³/mol. The second kappa shape index (κ2) is 4.84. The van der Waals surface area contributed by atoms with E-state index >= 15 is 0 Å². The highest BCUT2D eigenvalue weighted by Crippen LogP contribution is 2.46. The fourth-order valence-corrected chi connectivity index (χ4v) is 2.91. The zero-order valence-corrected chi connectivity index (χ0v) is 10.2. The van der Waals surface area contributed by atoms with Crippen LogP contribution in [0, 0.1) is 11.3 Å². The Balaban J connectivity index is 1.93. The lowest BCUT2D eigenvalue weighted by molar-refractivity contribution is -0.0636. The average Bonchev–Trinajstić information content (AvgIpc) is 2.14. The third kappa shape index (κ3) is 2.54. The summed E-state index contributed by atoms with van der Waals surface area (Å²) in [6, 6.07) is 0.601. The summed E-state index contributed by atoms with van der Waals surface area (Å²) in [6.07, 6.45) is 6.94. The van der Waals surface area contributed by atoms with Crippen LogP contribution in [0.25, 0.3) is 0 Å². The van der Waals surface area contributed by atoms with Crippen molar-refractivity contribution in [1.29, 1.82) is 0 Å². The van der Waals surface area contributed by atoms with Gasteiger partial charge in [0, 0.05) is 24.6 Å². The third-order valence-electron chi connectivity index (χ3n) is 4.19. The number of rotatable bonds is 4. The van der Waals surface area contributed by atoms with E-state index in [1.165, 1.54) is 32.1 Å². The van der Waals surface area contributed by atoms with E-state index in [-0.39, 0.29) is 0 Å². The lowest BCUT2D eigenvalue weighted by Crippen LogP contribution is -2.49. The maximum Gasteiger partial charge on any atom is 0.0537 e. The molecule has 0 amide bonds. The molecule has 1 saturated carbocycles. The summed E-state index contributed by atoms with van der Waals surface area (Å²) in [7, 11) is 0. The Morgan fingerprint density at radius 2 is 2.13 bits per heavy atom. The van der Waals surface area contributed by atoms with Gasteiger partial charge in [-0.3, -0.25) is 0 Å². The van der Waals surface area contributed by atoms with Crippen LogP contribution in [-0.2, 0) is 4.74 Å². The minimum absolute atomic E-state index is 0.473. The van der Waals surface area contributed by atoms with E-state index in [0.717, 1.165) is 25.7 Å². The summed E-state index contributed by atoms with van der Waals surface area (Å²) < 4.78 is 5.73. The van der Waals surface area contributed by atoms with Crippen molar-refractivity contribution in [3.63, 3.8) is 0 Å². The Hall–Kier alpha value is -0.0800. The molecule has 2 aliphatic rings. The lowest BCUT2D eigenvalue weighted by atomic mass is 9.63. The van der Waals surface area contributed by atoms with Gasteiger partial charge in [-0.25, -0.2) is 0 Å². The monoisotopic (exact) mass is 211 g/mol. The minimum Gasteiger partial charge on any atom is -0.381 e. The van der Waals surface area contributed by atoms with Crippen LogP contribution in [0.5, 0.6) is 0 Å². The van der Waals surface area contributed by atoms with Gasteiger partial charge in [-0.15, -0.1) is 0 Å². The van der Waals surface area contributed by atoms with Crippen LogP contribution < -0.4 is 5.32 Å². The van der Waals surface area contributed by atoms with Crippen molar-refractivity contribution >= 4 is 0 Å². The maximum atomic E-state index is 5.73. The molecule has 1 saturated heterocycles. The Labute approximate surface area is 93.8 Å². The molecule has 0 radical (unpaired) electrons. The van der Waals surface area contributed by atoms with Crippen LogP contribution in [0.4, 0.5) is 0 Å². The molecule has 0 aromatic rings. The molecule has 0 aromatic carbocycles. The molecule has 2 rings (SSSR count). The zero-order valence-electron chi connectivity index (χ0n) is 10.2. The van der Waals surface area contributed by atoms with Crippen LogP contribution >= 0.6 is 0 Å². The van der Waals surface area contributed by atoms with Crippen molar-refractivity contribution in [3.05, 3.63) is 0 Å². The summed E-state index contributed by atoms with van der Waals surface area (Å²) in [5.74, 6) is 0.934. The molecule has 1 atom stereocenters. The first-order chi connectivity index (χ1) is 7.23. The fourth-order valence-electron chi connectivity index (χ4n) is 2.91. The molecule has 2 heteroatoms. The van der Waals surface area contributed by atoms with E-state index in [0.29, 0.717) is 11.5 Å². The Morgan fingerprint density at radius 3 is 2.60 bits per heavy atom. The minimum atomic E-state index is 0.473. The number of hydrogen-bond acceptors (Lipinski definition) is 2. The van der Waals surface area contributed by atoms with Gasteiger partial charge in [0.15, 0.2) is 0 Å². The van der Waals surface area contributed by atoms with E-state index in [1.54, 1.807) is 0 Å². The SMILES string of the molecule is CC(C)NCC1(C2CCC2)CCCOC1. The molecule has 2 nitrogen and oxygen atoms in total. The second-order valence-electron chi connectivity index (χ2n) is 5.68. The van der Waals surface area contributed by atoms with Crippen molar-refractivity contribution < 1.29 is 4.74 Å². The molecule has 1 heterocycles. The molecule has 0 bridgehead atoms. The highest BCUT2D eigenvalue weighted by atomic mass is 16.5. The van der Waals surface area contributed by atoms with Gasteiger partial charge in [0.1, 0.15) is 0 Å². The molecule has 1 N–H and O–H groups in total. The summed E-state index contributed by atoms with van der Waals surface area (Å²) >= 11 is 0. The van der Waals surface area contributed by atoms with Gasteiger partial charge >= 0.3 is 0 Å². The van der Waals surface area contributed by atoms with E-state index in [2.05, 4.69) is 19.2 Å². The van der Waals surface area contributed by atoms with E-state index in [4.69, 9.17) is 4.74 Å². The predicted octanol–water partition coefficient (Wildman–Crippen LogP) is 2.58. The van der Waals surface area contributed by atoms with Gasteiger partial charge in [0.25, 0.3) is 0 Å². The van der Waals surface area contributed by atoms with Crippen molar-refractivity contribution in [3.8, 4) is 0 Å². The standard InChI is InChI=1S/C13H25NO/c1-11(2)14-9-13(12-5-3-6-12)7-4-8-15-10-13/h11-12,14H,3-10H2,1-2H3. The summed E-state index contributed by atoms with van der Waals surface area (Å²) in [5.41, 5.74) is 0.473. The molecule has 0 spiro atoms. The van der Waals surface area contributed by atoms with Crippen LogP contribution in [0.2, 0.25) is 0 Å². The molecule has 1 aliphatic heterocycles. The molecule has 1 aliphatic carbocycles. The largest absolute Gasteiger partial charge is 0.381 e. The van der Waals surface area contributed by atoms with Gasteiger partial charge in [0.2, 0.25) is 0 Å². The maximum absolute atomic E-state index is 5.73. The highest BCUT2D eigenvalue weighted by molar-refractivity contribution is 4.94. The summed E-state index contributed by atoms with van der Waals surface area (Å²) in [6.45, 7) is 7.61. The number of hydrogen-bond donors (Lipinski definition) is 1. The van der Waals surface area contributed by atoms with Gasteiger partial charge in [0.05, 0.1) is 6.61 Å². The first-order valence-electron chi connectivity index (χ1n) is 6.54. The smallest absolute Gasteiger partial charge is 0.0537 e. The quantitative estimate of drug-likeness (QED) is 0.771. The van der Waals surface area contributed by atoms with E-state index < -0.39 is 0 Å². The Bertz CT molecular complexity index is 193. The van der Waals surface area contributed by atoms with Crippen molar-refractivity contribution in [2.45, 2.75) is 52.0 Å². The number of ether oxygens (including phenoxy) is 1. The third-order valence-corrected chi connectivity index (χ3v) is 4.19. The van der Waals surface area contributed by atoms with Crippen LogP contribution in [-0.4, -0.2) is 25.8 Å². The lowest BCUT2D eigenvalue weighted by Gasteiger charge is -2.48. The van der Waals surface area contributed by atoms with Gasteiger partial charge in [-0.1, -0.05) is 20.3 Å². The van der Waals surface area contributed by atoms with E-state index in [1.807, 2.05) is 0 Å². The average molecular weight is 211 g/mol. The van der Waals surface area contributed by atoms with Crippen molar-refractivity contribution in [2.75, 3.05) is 19.8 Å². The van der Waals surface area contributed by atoms with Crippen LogP contribution in [0.3, 0.4) is 0 Å².